The van der Waals surface area contributed by atoms with Crippen molar-refractivity contribution in [3.05, 3.63) is 39.9 Å². The van der Waals surface area contributed by atoms with Gasteiger partial charge >= 0.3 is 0 Å². The molecule has 0 atom stereocenters. The molecule has 1 rings (SSSR count). The first-order valence-corrected chi connectivity index (χ1v) is 5.99. The van der Waals surface area contributed by atoms with Gasteiger partial charge in [-0.25, -0.2) is 0 Å². The first kappa shape index (κ1) is 14.2. The Hall–Kier alpha value is -1.91. The quantitative estimate of drug-likeness (QED) is 0.622. The molecule has 0 saturated carbocycles. The Morgan fingerprint density at radius 3 is 2.44 bits per heavy atom. The van der Waals surface area contributed by atoms with Crippen molar-refractivity contribution < 1.29 is 9.72 Å². The lowest BCUT2D eigenvalue weighted by Gasteiger charge is -2.07. The van der Waals surface area contributed by atoms with Crippen LogP contribution in [0.15, 0.2) is 24.3 Å². The van der Waals surface area contributed by atoms with Crippen molar-refractivity contribution in [2.24, 2.45) is 5.92 Å². The van der Waals surface area contributed by atoms with Gasteiger partial charge in [0.1, 0.15) is 0 Å². The summed E-state index contributed by atoms with van der Waals surface area (Å²) in [6.45, 7) is 4.55. The maximum absolute atomic E-state index is 11.4. The molecule has 0 aliphatic carbocycles. The van der Waals surface area contributed by atoms with Crippen LogP contribution in [0.1, 0.15) is 25.8 Å². The number of hydrogen-bond acceptors (Lipinski definition) is 3. The molecule has 0 heterocycles. The fourth-order valence-corrected chi connectivity index (χ4v) is 1.57. The van der Waals surface area contributed by atoms with Crippen molar-refractivity contribution in [2.45, 2.75) is 26.7 Å². The molecule has 1 aromatic rings. The fraction of sp³-hybridized carbons (Fsp3) is 0.462. The third kappa shape index (κ3) is 4.95. The number of nitro benzene ring substituents is 1. The molecule has 5 nitrogen and oxygen atoms in total. The topological polar surface area (TPSA) is 72.2 Å². The summed E-state index contributed by atoms with van der Waals surface area (Å²) in [5, 5.41) is 13.3. The van der Waals surface area contributed by atoms with Crippen LogP contribution >= 0.6 is 0 Å². The minimum absolute atomic E-state index is 0.0481. The summed E-state index contributed by atoms with van der Waals surface area (Å²) in [6, 6.07) is 6.38. The Morgan fingerprint density at radius 1 is 1.33 bits per heavy atom. The lowest BCUT2D eigenvalue weighted by Crippen LogP contribution is -2.26. The zero-order valence-corrected chi connectivity index (χ0v) is 10.7. The van der Waals surface area contributed by atoms with Crippen LogP contribution in [0.5, 0.6) is 0 Å². The Balaban J connectivity index is 2.35. The molecule has 0 fully saturated rings. The third-order valence-corrected chi connectivity index (χ3v) is 2.48. The van der Waals surface area contributed by atoms with Gasteiger partial charge in [-0.15, -0.1) is 0 Å². The van der Waals surface area contributed by atoms with E-state index in [0.717, 1.165) is 5.56 Å². The summed E-state index contributed by atoms with van der Waals surface area (Å²) in [5.41, 5.74) is 1.06. The highest BCUT2D eigenvalue weighted by molar-refractivity contribution is 5.76. The summed E-state index contributed by atoms with van der Waals surface area (Å²) in [6.07, 6.45) is 1.21. The van der Waals surface area contributed by atoms with Gasteiger partial charge < -0.3 is 5.32 Å². The van der Waals surface area contributed by atoms with Gasteiger partial charge in [0, 0.05) is 25.1 Å². The van der Waals surface area contributed by atoms with Crippen molar-refractivity contribution in [3.8, 4) is 0 Å². The highest BCUT2D eigenvalue weighted by atomic mass is 16.6. The summed E-state index contributed by atoms with van der Waals surface area (Å²) in [4.78, 5) is 21.4. The number of nitro groups is 1. The Bertz CT molecular complexity index is 413. The minimum atomic E-state index is -0.422. The van der Waals surface area contributed by atoms with Gasteiger partial charge in [-0.05, 0) is 17.9 Å². The second-order valence-corrected chi connectivity index (χ2v) is 4.62. The van der Waals surface area contributed by atoms with Gasteiger partial charge in [0.15, 0.2) is 0 Å². The van der Waals surface area contributed by atoms with Crippen LogP contribution in [0.3, 0.4) is 0 Å². The molecule has 0 aliphatic heterocycles. The molecular formula is C13H18N2O3. The molecule has 0 radical (unpaired) electrons. The first-order valence-electron chi connectivity index (χ1n) is 5.99. The van der Waals surface area contributed by atoms with Crippen LogP contribution in [0.2, 0.25) is 0 Å². The number of hydrogen-bond donors (Lipinski definition) is 1. The molecule has 18 heavy (non-hydrogen) atoms. The van der Waals surface area contributed by atoms with Gasteiger partial charge in [-0.3, -0.25) is 14.9 Å². The van der Waals surface area contributed by atoms with Gasteiger partial charge in [-0.1, -0.05) is 26.0 Å². The Morgan fingerprint density at radius 2 is 1.94 bits per heavy atom. The van der Waals surface area contributed by atoms with Crippen LogP contribution in [0, 0.1) is 16.0 Å². The molecule has 1 N–H and O–H groups in total. The molecule has 0 spiro atoms. The standard InChI is InChI=1S/C13H18N2O3/c1-10(2)9-13(16)14-8-7-11-3-5-12(6-4-11)15(17)18/h3-6,10H,7-9H2,1-2H3,(H,14,16). The zero-order chi connectivity index (χ0) is 13.5. The normalized spacial score (nSPS) is 10.4. The molecule has 0 aliphatic rings. The van der Waals surface area contributed by atoms with Crippen LogP contribution in [0.25, 0.3) is 0 Å². The van der Waals surface area contributed by atoms with E-state index in [4.69, 9.17) is 0 Å². The number of rotatable bonds is 6. The fourth-order valence-electron chi connectivity index (χ4n) is 1.57. The average Bonchev–Trinajstić information content (AvgIpc) is 2.28. The monoisotopic (exact) mass is 250 g/mol. The van der Waals surface area contributed by atoms with E-state index in [1.165, 1.54) is 12.1 Å². The zero-order valence-electron chi connectivity index (χ0n) is 10.7. The third-order valence-electron chi connectivity index (χ3n) is 2.48. The van der Waals surface area contributed by atoms with Gasteiger partial charge in [-0.2, -0.15) is 0 Å². The SMILES string of the molecule is CC(C)CC(=O)NCCc1ccc([N+](=O)[O-])cc1. The predicted octanol–water partition coefficient (Wildman–Crippen LogP) is 2.30. The van der Waals surface area contributed by atoms with E-state index in [1.54, 1.807) is 12.1 Å². The molecular weight excluding hydrogens is 232 g/mol. The molecule has 5 heteroatoms. The maximum Gasteiger partial charge on any atom is 0.269 e. The van der Waals surface area contributed by atoms with Gasteiger partial charge in [0.05, 0.1) is 4.92 Å². The smallest absolute Gasteiger partial charge is 0.269 e. The van der Waals surface area contributed by atoms with E-state index in [-0.39, 0.29) is 11.6 Å². The number of nitrogens with zero attached hydrogens (tertiary/aromatic N) is 1. The van der Waals surface area contributed by atoms with Crippen LogP contribution in [-0.4, -0.2) is 17.4 Å². The summed E-state index contributed by atoms with van der Waals surface area (Å²) in [5.74, 6) is 0.399. The predicted molar refractivity (Wildman–Crippen MR) is 69.3 cm³/mol. The van der Waals surface area contributed by atoms with Crippen molar-refractivity contribution in [1.29, 1.82) is 0 Å². The molecule has 0 aromatic heterocycles. The number of nitrogens with one attached hydrogen (secondary N) is 1. The van der Waals surface area contributed by atoms with Crippen LogP contribution in [0.4, 0.5) is 5.69 Å². The van der Waals surface area contributed by atoms with Crippen LogP contribution in [-0.2, 0) is 11.2 Å². The minimum Gasteiger partial charge on any atom is -0.356 e. The van der Waals surface area contributed by atoms with Gasteiger partial charge in [0.2, 0.25) is 5.91 Å². The van der Waals surface area contributed by atoms with Crippen LogP contribution < -0.4 is 5.32 Å². The molecule has 0 saturated heterocycles. The molecule has 0 bridgehead atoms. The Labute approximate surface area is 106 Å². The summed E-state index contributed by atoms with van der Waals surface area (Å²) >= 11 is 0. The highest BCUT2D eigenvalue weighted by Gasteiger charge is 2.05. The highest BCUT2D eigenvalue weighted by Crippen LogP contribution is 2.11. The number of benzene rings is 1. The lowest BCUT2D eigenvalue weighted by atomic mass is 10.1. The van der Waals surface area contributed by atoms with E-state index >= 15 is 0 Å². The van der Waals surface area contributed by atoms with Crippen molar-refractivity contribution in [1.82, 2.24) is 5.32 Å². The molecule has 1 amide bonds. The number of non-ortho nitro benzene ring substituents is 1. The largest absolute Gasteiger partial charge is 0.356 e. The van der Waals surface area contributed by atoms with Crippen molar-refractivity contribution in [3.63, 3.8) is 0 Å². The molecule has 1 aromatic carbocycles. The second-order valence-electron chi connectivity index (χ2n) is 4.62. The van der Waals surface area contributed by atoms with Crippen molar-refractivity contribution >= 4 is 11.6 Å². The molecule has 98 valence electrons. The molecule has 0 unspecified atom stereocenters. The number of carbonyl (C=O) groups is 1. The average molecular weight is 250 g/mol. The van der Waals surface area contributed by atoms with E-state index in [9.17, 15) is 14.9 Å². The Kier molecular flexibility index (Phi) is 5.30. The number of carbonyl (C=O) groups excluding carboxylic acids is 1. The lowest BCUT2D eigenvalue weighted by molar-refractivity contribution is -0.384. The summed E-state index contributed by atoms with van der Waals surface area (Å²) in [7, 11) is 0. The van der Waals surface area contributed by atoms with E-state index < -0.39 is 4.92 Å². The first-order chi connectivity index (χ1) is 8.49. The van der Waals surface area contributed by atoms with E-state index in [0.29, 0.717) is 25.3 Å². The van der Waals surface area contributed by atoms with E-state index in [1.807, 2.05) is 13.8 Å². The van der Waals surface area contributed by atoms with Gasteiger partial charge in [0.25, 0.3) is 5.69 Å². The maximum atomic E-state index is 11.4. The van der Waals surface area contributed by atoms with E-state index in [2.05, 4.69) is 5.32 Å². The summed E-state index contributed by atoms with van der Waals surface area (Å²) < 4.78 is 0. The second kappa shape index (κ2) is 6.74. The number of amides is 1. The van der Waals surface area contributed by atoms with Crippen molar-refractivity contribution in [2.75, 3.05) is 6.54 Å².